The number of aliphatic hydroxyl groups excluding tert-OH is 1. The number of nitrogens with zero attached hydrogens (tertiary/aromatic N) is 2. The molecule has 0 aromatic heterocycles. The highest BCUT2D eigenvalue weighted by atomic mass is 35.5. The number of anilines is 1. The van der Waals surface area contributed by atoms with Crippen LogP contribution in [0.25, 0.3) is 0 Å². The van der Waals surface area contributed by atoms with E-state index in [9.17, 15) is 9.90 Å². The van der Waals surface area contributed by atoms with Crippen molar-refractivity contribution < 1.29 is 9.90 Å². The second kappa shape index (κ2) is 8.27. The Hall–Kier alpha value is -1.59. The van der Waals surface area contributed by atoms with E-state index in [2.05, 4.69) is 21.9 Å². The fourth-order valence-electron chi connectivity index (χ4n) is 4.87. The van der Waals surface area contributed by atoms with E-state index in [1.165, 1.54) is 5.56 Å². The third-order valence-electron chi connectivity index (χ3n) is 6.26. The minimum Gasteiger partial charge on any atom is -0.392 e. The summed E-state index contributed by atoms with van der Waals surface area (Å²) in [6.45, 7) is 4.39. The monoisotopic (exact) mass is 432 g/mol. The molecule has 0 spiro atoms. The van der Waals surface area contributed by atoms with Crippen LogP contribution >= 0.6 is 23.2 Å². The molecule has 154 valence electrons. The van der Waals surface area contributed by atoms with E-state index < -0.39 is 5.54 Å². The molecule has 0 unspecified atom stereocenters. The van der Waals surface area contributed by atoms with E-state index in [-0.39, 0.29) is 11.9 Å². The zero-order chi connectivity index (χ0) is 20.6. The molecule has 4 nitrogen and oxygen atoms in total. The van der Waals surface area contributed by atoms with Crippen LogP contribution in [0.4, 0.5) is 5.69 Å². The van der Waals surface area contributed by atoms with E-state index in [1.54, 1.807) is 13.0 Å². The van der Waals surface area contributed by atoms with Crippen molar-refractivity contribution in [3.05, 3.63) is 63.6 Å². The summed E-state index contributed by atoms with van der Waals surface area (Å²) >= 11 is 12.5. The van der Waals surface area contributed by atoms with Crippen molar-refractivity contribution in [2.75, 3.05) is 31.1 Å². The fourth-order valence-corrected chi connectivity index (χ4v) is 5.16. The summed E-state index contributed by atoms with van der Waals surface area (Å²) in [5.41, 5.74) is 2.31. The molecule has 6 heteroatoms. The maximum absolute atomic E-state index is 13.4. The van der Waals surface area contributed by atoms with Crippen LogP contribution in [0.15, 0.2) is 42.5 Å². The molecule has 1 saturated heterocycles. The summed E-state index contributed by atoms with van der Waals surface area (Å²) in [7, 11) is 0. The van der Waals surface area contributed by atoms with Gasteiger partial charge in [-0.3, -0.25) is 9.69 Å². The van der Waals surface area contributed by atoms with E-state index in [4.69, 9.17) is 23.2 Å². The molecule has 2 atom stereocenters. The summed E-state index contributed by atoms with van der Waals surface area (Å²) in [6.07, 6.45) is 2.26. The van der Waals surface area contributed by atoms with Gasteiger partial charge in [-0.1, -0.05) is 47.5 Å². The first-order valence-corrected chi connectivity index (χ1v) is 10.9. The summed E-state index contributed by atoms with van der Waals surface area (Å²) in [4.78, 5) is 17.8. The number of halogens is 2. The molecule has 29 heavy (non-hydrogen) atoms. The maximum Gasteiger partial charge on any atom is 0.161 e. The number of hydrogen-bond acceptors (Lipinski definition) is 4. The average Bonchev–Trinajstić information content (AvgIpc) is 2.70. The minimum absolute atomic E-state index is 0.0933. The van der Waals surface area contributed by atoms with Crippen molar-refractivity contribution in [2.24, 2.45) is 0 Å². The fraction of sp³-hybridized carbons (Fsp3) is 0.435. The lowest BCUT2D eigenvalue weighted by atomic mass is 9.76. The van der Waals surface area contributed by atoms with Crippen LogP contribution in [0.5, 0.6) is 0 Å². The molecule has 1 N–H and O–H groups in total. The third kappa shape index (κ3) is 3.79. The summed E-state index contributed by atoms with van der Waals surface area (Å²) in [6, 6.07) is 13.8. The maximum atomic E-state index is 13.4. The normalized spacial score (nSPS) is 25.0. The molecule has 2 aliphatic rings. The first kappa shape index (κ1) is 20.7. The molecule has 1 fully saturated rings. The second-order valence-electron chi connectivity index (χ2n) is 8.10. The van der Waals surface area contributed by atoms with Crippen molar-refractivity contribution in [1.82, 2.24) is 4.90 Å². The van der Waals surface area contributed by atoms with Gasteiger partial charge in [-0.2, -0.15) is 0 Å². The van der Waals surface area contributed by atoms with Gasteiger partial charge in [-0.05, 0) is 62.1 Å². The van der Waals surface area contributed by atoms with E-state index >= 15 is 0 Å². The van der Waals surface area contributed by atoms with Crippen molar-refractivity contribution >= 4 is 34.7 Å². The van der Waals surface area contributed by atoms with Gasteiger partial charge < -0.3 is 10.0 Å². The van der Waals surface area contributed by atoms with E-state index in [0.717, 1.165) is 37.1 Å². The molecule has 4 rings (SSSR count). The number of β-amino-alcohol motifs (C(OH)–C–C–N with tert-alkyl or cyclic N) is 1. The Balaban J connectivity index is 1.84. The van der Waals surface area contributed by atoms with Gasteiger partial charge >= 0.3 is 0 Å². The number of aliphatic hydroxyl groups is 1. The van der Waals surface area contributed by atoms with Gasteiger partial charge in [0.15, 0.2) is 5.78 Å². The van der Waals surface area contributed by atoms with Crippen molar-refractivity contribution in [3.8, 4) is 0 Å². The molecule has 2 heterocycles. The predicted octanol–water partition coefficient (Wildman–Crippen LogP) is 4.30. The second-order valence-corrected chi connectivity index (χ2v) is 8.92. The van der Waals surface area contributed by atoms with Crippen molar-refractivity contribution in [3.63, 3.8) is 0 Å². The summed E-state index contributed by atoms with van der Waals surface area (Å²) in [5.74, 6) is 0.0933. The Morgan fingerprint density at radius 3 is 2.69 bits per heavy atom. The molecule has 2 aromatic carbocycles. The lowest BCUT2D eigenvalue weighted by Gasteiger charge is -2.50. The van der Waals surface area contributed by atoms with Crippen molar-refractivity contribution in [2.45, 2.75) is 37.8 Å². The summed E-state index contributed by atoms with van der Waals surface area (Å²) < 4.78 is 0. The number of ketones is 1. The smallest absolute Gasteiger partial charge is 0.161 e. The molecular weight excluding hydrogens is 407 g/mol. The number of fused-ring (bicyclic) bond motifs is 1. The van der Waals surface area contributed by atoms with E-state index in [0.29, 0.717) is 29.7 Å². The Bertz CT molecular complexity index is 920. The standard InChI is InChI=1S/C23H26Cl2N2O2/c1-16(28)23(15-26-11-4-6-19(29)14-26)20-7-3-2-5-17(20)10-12-27(23)18-8-9-21(24)22(25)13-18/h2-3,5,7-9,13,19,29H,4,6,10-12,14-15H2,1H3/t19-,23-/m0/s1. The van der Waals surface area contributed by atoms with E-state index in [1.807, 2.05) is 24.3 Å². The highest BCUT2D eigenvalue weighted by molar-refractivity contribution is 6.42. The van der Waals surface area contributed by atoms with Gasteiger partial charge in [-0.25, -0.2) is 0 Å². The SMILES string of the molecule is CC(=O)[C@@]1(CN2CCC[C@H](O)C2)c2ccccc2CCN1c1ccc(Cl)c(Cl)c1. The first-order chi connectivity index (χ1) is 13.9. The van der Waals surface area contributed by atoms with Crippen LogP contribution in [-0.4, -0.2) is 48.1 Å². The first-order valence-electron chi connectivity index (χ1n) is 10.1. The number of carbonyl (C=O) groups is 1. The Morgan fingerprint density at radius 2 is 1.97 bits per heavy atom. The highest BCUT2D eigenvalue weighted by Gasteiger charge is 2.48. The van der Waals surface area contributed by atoms with Crippen LogP contribution in [0.1, 0.15) is 30.9 Å². The Labute approximate surface area is 182 Å². The Morgan fingerprint density at radius 1 is 1.17 bits per heavy atom. The van der Waals surface area contributed by atoms with Gasteiger partial charge in [0.25, 0.3) is 0 Å². The number of rotatable bonds is 4. The highest BCUT2D eigenvalue weighted by Crippen LogP contribution is 2.42. The number of piperidine rings is 1. The van der Waals surface area contributed by atoms with Gasteiger partial charge in [0.05, 0.1) is 16.1 Å². The number of benzene rings is 2. The van der Waals surface area contributed by atoms with Crippen molar-refractivity contribution in [1.29, 1.82) is 0 Å². The van der Waals surface area contributed by atoms with Gasteiger partial charge in [0.1, 0.15) is 5.54 Å². The van der Waals surface area contributed by atoms with Gasteiger partial charge in [0, 0.05) is 25.3 Å². The predicted molar refractivity (Wildman–Crippen MR) is 118 cm³/mol. The molecule has 0 aliphatic carbocycles. The molecule has 2 aromatic rings. The Kier molecular flexibility index (Phi) is 5.90. The quantitative estimate of drug-likeness (QED) is 0.781. The number of Topliss-reactive ketones (excluding diaryl/α,β-unsaturated/α-hetero) is 1. The van der Waals surface area contributed by atoms with Crippen LogP contribution < -0.4 is 4.90 Å². The molecule has 0 bridgehead atoms. The minimum atomic E-state index is -0.830. The lowest BCUT2D eigenvalue weighted by Crippen LogP contribution is -2.62. The molecule has 0 saturated carbocycles. The molecule has 0 radical (unpaired) electrons. The molecule has 0 amide bonds. The lowest BCUT2D eigenvalue weighted by molar-refractivity contribution is -0.124. The number of hydrogen-bond donors (Lipinski definition) is 1. The van der Waals surface area contributed by atoms with Gasteiger partial charge in [0.2, 0.25) is 0 Å². The van der Waals surface area contributed by atoms with Crippen LogP contribution in [-0.2, 0) is 16.8 Å². The van der Waals surface area contributed by atoms with Crippen LogP contribution in [0, 0.1) is 0 Å². The zero-order valence-corrected chi connectivity index (χ0v) is 18.1. The number of carbonyl (C=O) groups excluding carboxylic acids is 1. The zero-order valence-electron chi connectivity index (χ0n) is 16.6. The number of likely N-dealkylation sites (tertiary alicyclic amines) is 1. The van der Waals surface area contributed by atoms with Gasteiger partial charge in [-0.15, -0.1) is 0 Å². The summed E-state index contributed by atoms with van der Waals surface area (Å²) in [5, 5.41) is 11.2. The third-order valence-corrected chi connectivity index (χ3v) is 7.00. The average molecular weight is 433 g/mol. The molecule has 2 aliphatic heterocycles. The molecular formula is C23H26Cl2N2O2. The largest absolute Gasteiger partial charge is 0.392 e. The topological polar surface area (TPSA) is 43.8 Å². The van der Waals surface area contributed by atoms with Crippen LogP contribution in [0.2, 0.25) is 10.0 Å². The van der Waals surface area contributed by atoms with Crippen LogP contribution in [0.3, 0.4) is 0 Å².